The van der Waals surface area contributed by atoms with Crippen LogP contribution in [-0.2, 0) is 6.18 Å². The fraction of sp³-hybridized carbons (Fsp3) is 0.381. The number of unbranched alkanes of at least 4 members (excludes halogenated alkanes) is 1. The Bertz CT molecular complexity index is 749. The van der Waals surface area contributed by atoms with Crippen molar-refractivity contribution in [3.05, 3.63) is 69.4 Å². The summed E-state index contributed by atoms with van der Waals surface area (Å²) in [6, 6.07) is 8.15. The van der Waals surface area contributed by atoms with Crippen molar-refractivity contribution in [2.24, 2.45) is 0 Å². The number of carbonyl (C=O) groups is 1. The summed E-state index contributed by atoms with van der Waals surface area (Å²) in [5.41, 5.74) is 0.997. The second-order valence-corrected chi connectivity index (χ2v) is 7.27. The van der Waals surface area contributed by atoms with E-state index in [0.717, 1.165) is 43.4 Å². The smallest absolute Gasteiger partial charge is 0.341 e. The molecule has 2 rings (SSSR count). The lowest BCUT2D eigenvalue weighted by atomic mass is 9.93. The Labute approximate surface area is 162 Å². The molecule has 0 saturated heterocycles. The van der Waals surface area contributed by atoms with E-state index in [-0.39, 0.29) is 5.91 Å². The first-order valence-corrected chi connectivity index (χ1v) is 9.95. The molecule has 2 aromatic rings. The van der Waals surface area contributed by atoms with Crippen LogP contribution in [0.2, 0.25) is 0 Å². The summed E-state index contributed by atoms with van der Waals surface area (Å²) < 4.78 is 38.6. The minimum absolute atomic E-state index is 0.214. The van der Waals surface area contributed by atoms with Crippen LogP contribution in [0.5, 0.6) is 0 Å². The molecule has 0 aliphatic heterocycles. The van der Waals surface area contributed by atoms with Gasteiger partial charge in [-0.25, -0.2) is 0 Å². The van der Waals surface area contributed by atoms with Crippen LogP contribution < -0.4 is 5.32 Å². The van der Waals surface area contributed by atoms with Crippen molar-refractivity contribution in [3.63, 3.8) is 0 Å². The zero-order chi connectivity index (χ0) is 19.9. The summed E-state index contributed by atoms with van der Waals surface area (Å²) in [6.07, 6.45) is 1.21. The standard InChI is InChI=1S/C21H24F3NOS/c1-3-5-8-15(7-4-2)19(25-20(26)18-9-6-14-27-18)16-10-12-17(13-11-16)21(22,23)24/h6,8-14,19H,3-5,7H2,1-2H3,(H,25,26)/b15-8+/t19-/m1/s1. The van der Waals surface area contributed by atoms with E-state index in [1.807, 2.05) is 12.3 Å². The highest BCUT2D eigenvalue weighted by Gasteiger charge is 2.30. The lowest BCUT2D eigenvalue weighted by Gasteiger charge is -2.23. The van der Waals surface area contributed by atoms with E-state index in [4.69, 9.17) is 0 Å². The number of nitrogens with one attached hydrogen (secondary N) is 1. The maximum Gasteiger partial charge on any atom is 0.416 e. The third-order valence-electron chi connectivity index (χ3n) is 4.20. The third-order valence-corrected chi connectivity index (χ3v) is 5.07. The monoisotopic (exact) mass is 395 g/mol. The molecule has 6 heteroatoms. The molecular formula is C21H24F3NOS. The minimum Gasteiger partial charge on any atom is -0.341 e. The van der Waals surface area contributed by atoms with Crippen LogP contribution >= 0.6 is 11.3 Å². The predicted molar refractivity (Wildman–Crippen MR) is 104 cm³/mol. The largest absolute Gasteiger partial charge is 0.416 e. The van der Waals surface area contributed by atoms with Crippen molar-refractivity contribution in [3.8, 4) is 0 Å². The van der Waals surface area contributed by atoms with Gasteiger partial charge < -0.3 is 5.32 Å². The molecule has 1 aromatic heterocycles. The molecule has 0 radical (unpaired) electrons. The highest BCUT2D eigenvalue weighted by molar-refractivity contribution is 7.12. The second kappa shape index (κ2) is 9.74. The van der Waals surface area contributed by atoms with E-state index in [9.17, 15) is 18.0 Å². The van der Waals surface area contributed by atoms with Gasteiger partial charge in [-0.3, -0.25) is 4.79 Å². The highest BCUT2D eigenvalue weighted by atomic mass is 32.1. The molecule has 1 heterocycles. The molecule has 1 atom stereocenters. The van der Waals surface area contributed by atoms with E-state index < -0.39 is 17.8 Å². The Morgan fingerprint density at radius 2 is 1.85 bits per heavy atom. The Balaban J connectivity index is 2.37. The Morgan fingerprint density at radius 3 is 2.37 bits per heavy atom. The van der Waals surface area contributed by atoms with Crippen molar-refractivity contribution in [1.29, 1.82) is 0 Å². The Hall–Kier alpha value is -2.08. The van der Waals surface area contributed by atoms with Crippen molar-refractivity contribution in [2.75, 3.05) is 0 Å². The molecule has 0 bridgehead atoms. The number of carbonyl (C=O) groups excluding carboxylic acids is 1. The van der Waals surface area contributed by atoms with E-state index in [1.165, 1.54) is 23.5 Å². The van der Waals surface area contributed by atoms with Gasteiger partial charge in [0.05, 0.1) is 16.5 Å². The van der Waals surface area contributed by atoms with Crippen LogP contribution in [0.4, 0.5) is 13.2 Å². The second-order valence-electron chi connectivity index (χ2n) is 6.32. The lowest BCUT2D eigenvalue weighted by Crippen LogP contribution is -2.29. The summed E-state index contributed by atoms with van der Waals surface area (Å²) in [7, 11) is 0. The van der Waals surface area contributed by atoms with Gasteiger partial charge in [-0.15, -0.1) is 11.3 Å². The van der Waals surface area contributed by atoms with Crippen LogP contribution in [-0.4, -0.2) is 5.91 Å². The van der Waals surface area contributed by atoms with Crippen LogP contribution in [0.25, 0.3) is 0 Å². The molecule has 146 valence electrons. The van der Waals surface area contributed by atoms with Gasteiger partial charge in [-0.2, -0.15) is 13.2 Å². The van der Waals surface area contributed by atoms with E-state index in [1.54, 1.807) is 12.1 Å². The number of thiophene rings is 1. The molecule has 1 N–H and O–H groups in total. The number of rotatable bonds is 8. The summed E-state index contributed by atoms with van der Waals surface area (Å²) in [4.78, 5) is 13.2. The maximum absolute atomic E-state index is 12.9. The van der Waals surface area contributed by atoms with Gasteiger partial charge in [0, 0.05) is 0 Å². The summed E-state index contributed by atoms with van der Waals surface area (Å²) in [5, 5.41) is 4.83. The van der Waals surface area contributed by atoms with Crippen molar-refractivity contribution >= 4 is 17.2 Å². The number of alkyl halides is 3. The SMILES string of the molecule is CCC/C=C(\CCC)[C@@H](NC(=O)c1cccs1)c1ccc(C(F)(F)F)cc1. The van der Waals surface area contributed by atoms with Gasteiger partial charge in [0.15, 0.2) is 0 Å². The fourth-order valence-electron chi connectivity index (χ4n) is 2.85. The fourth-order valence-corrected chi connectivity index (χ4v) is 3.47. The van der Waals surface area contributed by atoms with Gasteiger partial charge >= 0.3 is 6.18 Å². The number of allylic oxidation sites excluding steroid dienone is 1. The average molecular weight is 395 g/mol. The molecule has 0 aliphatic carbocycles. The van der Waals surface area contributed by atoms with Gasteiger partial charge in [0.1, 0.15) is 0 Å². The van der Waals surface area contributed by atoms with Crippen LogP contribution in [0.1, 0.15) is 66.4 Å². The van der Waals surface area contributed by atoms with Gasteiger partial charge in [0.25, 0.3) is 5.91 Å². The molecule has 1 aromatic carbocycles. The molecule has 0 fully saturated rings. The summed E-state index contributed by atoms with van der Waals surface area (Å²) in [5.74, 6) is -0.214. The molecular weight excluding hydrogens is 371 g/mol. The topological polar surface area (TPSA) is 29.1 Å². The van der Waals surface area contributed by atoms with Crippen LogP contribution in [0, 0.1) is 0 Å². The van der Waals surface area contributed by atoms with Crippen LogP contribution in [0.15, 0.2) is 53.4 Å². The molecule has 27 heavy (non-hydrogen) atoms. The normalized spacial score (nSPS) is 13.4. The first-order chi connectivity index (χ1) is 12.9. The summed E-state index contributed by atoms with van der Waals surface area (Å²) >= 11 is 1.34. The Kier molecular flexibility index (Phi) is 7.66. The van der Waals surface area contributed by atoms with Gasteiger partial charge in [-0.1, -0.05) is 51.0 Å². The number of halogens is 3. The third kappa shape index (κ3) is 5.96. The van der Waals surface area contributed by atoms with Crippen molar-refractivity contribution < 1.29 is 18.0 Å². The molecule has 0 aliphatic rings. The van der Waals surface area contributed by atoms with E-state index in [2.05, 4.69) is 18.3 Å². The predicted octanol–water partition coefficient (Wildman–Crippen LogP) is 6.76. The van der Waals surface area contributed by atoms with Gasteiger partial charge in [0.2, 0.25) is 0 Å². The van der Waals surface area contributed by atoms with Gasteiger partial charge in [-0.05, 0) is 47.6 Å². The number of benzene rings is 1. The van der Waals surface area contributed by atoms with Crippen LogP contribution in [0.3, 0.4) is 0 Å². The number of hydrogen-bond acceptors (Lipinski definition) is 2. The molecule has 1 amide bonds. The van der Waals surface area contributed by atoms with E-state index in [0.29, 0.717) is 10.4 Å². The lowest BCUT2D eigenvalue weighted by molar-refractivity contribution is -0.137. The quantitative estimate of drug-likeness (QED) is 0.491. The maximum atomic E-state index is 12.9. The van der Waals surface area contributed by atoms with Crippen molar-refractivity contribution in [1.82, 2.24) is 5.32 Å². The first-order valence-electron chi connectivity index (χ1n) is 9.07. The number of amides is 1. The Morgan fingerprint density at radius 1 is 1.15 bits per heavy atom. The zero-order valence-electron chi connectivity index (χ0n) is 15.5. The zero-order valence-corrected chi connectivity index (χ0v) is 16.3. The highest BCUT2D eigenvalue weighted by Crippen LogP contribution is 2.32. The molecule has 0 saturated carbocycles. The molecule has 0 spiro atoms. The first kappa shape index (κ1) is 21.2. The average Bonchev–Trinajstić information content (AvgIpc) is 3.17. The van der Waals surface area contributed by atoms with Crippen molar-refractivity contribution in [2.45, 2.75) is 51.7 Å². The molecule has 2 nitrogen and oxygen atoms in total. The molecule has 0 unspecified atom stereocenters. The number of hydrogen-bond donors (Lipinski definition) is 1. The minimum atomic E-state index is -4.38. The summed E-state index contributed by atoms with van der Waals surface area (Å²) in [6.45, 7) is 4.11. The van der Waals surface area contributed by atoms with E-state index >= 15 is 0 Å².